The molecular weight excluding hydrogens is 985 g/mol. The molecule has 4 aromatic carbocycles. The van der Waals surface area contributed by atoms with E-state index in [0.29, 0.717) is 43.2 Å². The molecular formula is C50H65BrCl2F6N4O4. The summed E-state index contributed by atoms with van der Waals surface area (Å²) in [6.45, 7) is 11.7. The Kier molecular flexibility index (Phi) is 23.4. The van der Waals surface area contributed by atoms with Gasteiger partial charge in [-0.2, -0.15) is 26.3 Å². The number of hydrogen-bond donors (Lipinski definition) is 1. The van der Waals surface area contributed by atoms with Crippen molar-refractivity contribution in [3.05, 3.63) is 123 Å². The molecule has 4 aromatic rings. The van der Waals surface area contributed by atoms with Gasteiger partial charge >= 0.3 is 12.4 Å². The maximum absolute atomic E-state index is 12.7. The SMILES string of the molecule is C.C.Clc1ccc(Br)cc1.FC(F)(F)c1ccc(OCC2CCCN(CC3CN(c4ccc(Cl)cc4)CCO3)C2)cc1.FC(F)(F)c1ccc(OCC2CCCN(CC3CNCCO3)C2)cc1. The van der Waals surface area contributed by atoms with E-state index < -0.39 is 23.5 Å². The Bertz CT molecular complexity index is 1960. The van der Waals surface area contributed by atoms with E-state index in [4.69, 9.17) is 42.1 Å². The minimum Gasteiger partial charge on any atom is -0.493 e. The van der Waals surface area contributed by atoms with Crippen LogP contribution in [0.4, 0.5) is 32.0 Å². The Morgan fingerprint density at radius 1 is 0.597 bits per heavy atom. The lowest BCUT2D eigenvalue weighted by Gasteiger charge is -2.39. The van der Waals surface area contributed by atoms with Gasteiger partial charge in [-0.05, 0) is 136 Å². The zero-order valence-corrected chi connectivity index (χ0v) is 39.2. The van der Waals surface area contributed by atoms with Crippen LogP contribution in [0.5, 0.6) is 11.5 Å². The van der Waals surface area contributed by atoms with Crippen LogP contribution in [0.2, 0.25) is 10.0 Å². The number of hydrogen-bond acceptors (Lipinski definition) is 8. The van der Waals surface area contributed by atoms with E-state index in [2.05, 4.69) is 35.9 Å². The summed E-state index contributed by atoms with van der Waals surface area (Å²) in [4.78, 5) is 7.15. The maximum atomic E-state index is 12.7. The number of benzene rings is 4. The normalized spacial score (nSPS) is 21.5. The number of alkyl halides is 6. The van der Waals surface area contributed by atoms with Crippen LogP contribution < -0.4 is 19.7 Å². The van der Waals surface area contributed by atoms with Crippen LogP contribution >= 0.6 is 39.1 Å². The zero-order chi connectivity index (χ0) is 46.2. The molecule has 0 bridgehead atoms. The molecule has 8 nitrogen and oxygen atoms in total. The van der Waals surface area contributed by atoms with Crippen molar-refractivity contribution in [2.45, 2.75) is 65.1 Å². The Labute approximate surface area is 411 Å². The smallest absolute Gasteiger partial charge is 0.416 e. The van der Waals surface area contributed by atoms with Crippen LogP contribution in [-0.4, -0.2) is 114 Å². The largest absolute Gasteiger partial charge is 0.493 e. The summed E-state index contributed by atoms with van der Waals surface area (Å²) < 4.78 is 100. The molecule has 0 aliphatic carbocycles. The summed E-state index contributed by atoms with van der Waals surface area (Å²) in [5, 5.41) is 4.85. The summed E-state index contributed by atoms with van der Waals surface area (Å²) in [6, 6.07) is 25.2. The molecule has 4 unspecified atom stereocenters. The first-order valence-electron chi connectivity index (χ1n) is 22.1. The van der Waals surface area contributed by atoms with Gasteiger partial charge < -0.3 is 39.0 Å². The molecule has 0 aromatic heterocycles. The average Bonchev–Trinajstić information content (AvgIpc) is 3.30. The van der Waals surface area contributed by atoms with Crippen molar-refractivity contribution in [1.82, 2.24) is 15.1 Å². The van der Waals surface area contributed by atoms with Gasteiger partial charge in [-0.1, -0.05) is 54.0 Å². The van der Waals surface area contributed by atoms with Crippen LogP contribution in [-0.2, 0) is 21.8 Å². The molecule has 8 rings (SSSR count). The first-order chi connectivity index (χ1) is 31.2. The second kappa shape index (κ2) is 27.8. The van der Waals surface area contributed by atoms with Crippen LogP contribution in [0.25, 0.3) is 0 Å². The summed E-state index contributed by atoms with van der Waals surface area (Å²) in [5.74, 6) is 1.71. The minimum absolute atomic E-state index is 0. The summed E-state index contributed by atoms with van der Waals surface area (Å²) in [5.41, 5.74) is -0.150. The van der Waals surface area contributed by atoms with Gasteiger partial charge in [0, 0.05) is 84.4 Å². The Morgan fingerprint density at radius 3 is 1.51 bits per heavy atom. The average molecular weight is 1050 g/mol. The third-order valence-electron chi connectivity index (χ3n) is 11.6. The van der Waals surface area contributed by atoms with Crippen LogP contribution in [0, 0.1) is 11.8 Å². The van der Waals surface area contributed by atoms with Crippen LogP contribution in [0.3, 0.4) is 0 Å². The monoisotopic (exact) mass is 1050 g/mol. The van der Waals surface area contributed by atoms with Gasteiger partial charge in [-0.15, -0.1) is 0 Å². The molecule has 1 N–H and O–H groups in total. The first kappa shape index (κ1) is 56.3. The molecule has 17 heteroatoms. The van der Waals surface area contributed by atoms with Crippen molar-refractivity contribution in [2.75, 3.05) is 96.8 Å². The number of nitrogens with one attached hydrogen (secondary N) is 1. The third kappa shape index (κ3) is 19.6. The Morgan fingerprint density at radius 2 is 1.06 bits per heavy atom. The van der Waals surface area contributed by atoms with Crippen LogP contribution in [0.15, 0.2) is 102 Å². The second-order valence-electron chi connectivity index (χ2n) is 16.8. The first-order valence-corrected chi connectivity index (χ1v) is 23.6. The van der Waals surface area contributed by atoms with Gasteiger partial charge in [0.05, 0.1) is 49.8 Å². The molecule has 4 atom stereocenters. The number of morpholine rings is 2. The van der Waals surface area contributed by atoms with E-state index in [-0.39, 0.29) is 27.1 Å². The standard InChI is InChI=1S/C24H28ClF3N2O2.C18H25F3N2O2.C6H4BrCl.2CH4/c25-20-5-7-21(8-6-20)30-12-13-31-23(16-30)15-29-11-1-2-18(14-29)17-32-22-9-3-19(4-10-22)24(26,27)28;19-18(20,21)15-3-5-16(6-4-15)25-13-14-2-1-8-23(11-14)12-17-10-22-7-9-24-17;7-5-1-3-6(8)4-2-5;;/h3-10,18,23H,1-2,11-17H2;3-6,14,17,22H,1-2,7-13H2;1-4H;2*1H4. The highest BCUT2D eigenvalue weighted by Gasteiger charge is 2.32. The lowest BCUT2D eigenvalue weighted by molar-refractivity contribution is -0.138. The molecule has 4 fully saturated rings. The van der Waals surface area contributed by atoms with Gasteiger partial charge in [-0.25, -0.2) is 0 Å². The summed E-state index contributed by atoms with van der Waals surface area (Å²) in [7, 11) is 0. The highest BCUT2D eigenvalue weighted by atomic mass is 79.9. The lowest BCUT2D eigenvalue weighted by Crippen LogP contribution is -2.49. The van der Waals surface area contributed by atoms with Gasteiger partial charge in [0.25, 0.3) is 0 Å². The minimum atomic E-state index is -4.33. The molecule has 0 spiro atoms. The van der Waals surface area contributed by atoms with Gasteiger partial charge in [-0.3, -0.25) is 0 Å². The van der Waals surface area contributed by atoms with Crippen molar-refractivity contribution < 1.29 is 45.3 Å². The predicted molar refractivity (Wildman–Crippen MR) is 261 cm³/mol. The number of halogens is 9. The third-order valence-corrected chi connectivity index (χ3v) is 12.6. The number of ether oxygens (including phenoxy) is 4. The molecule has 0 saturated carbocycles. The number of anilines is 1. The highest BCUT2D eigenvalue weighted by molar-refractivity contribution is 9.10. The number of likely N-dealkylation sites (tertiary alicyclic amines) is 2. The molecule has 67 heavy (non-hydrogen) atoms. The quantitative estimate of drug-likeness (QED) is 0.149. The zero-order valence-electron chi connectivity index (χ0n) is 36.2. The number of piperidine rings is 2. The van der Waals surface area contributed by atoms with E-state index in [1.165, 1.54) is 24.3 Å². The second-order valence-corrected chi connectivity index (χ2v) is 18.5. The summed E-state index contributed by atoms with van der Waals surface area (Å²) in [6.07, 6.45) is -3.93. The summed E-state index contributed by atoms with van der Waals surface area (Å²) >= 11 is 14.9. The van der Waals surface area contributed by atoms with Crippen LogP contribution in [0.1, 0.15) is 51.7 Å². The highest BCUT2D eigenvalue weighted by Crippen LogP contribution is 2.32. The van der Waals surface area contributed by atoms with E-state index in [1.54, 1.807) is 0 Å². The van der Waals surface area contributed by atoms with Gasteiger partial charge in [0.15, 0.2) is 0 Å². The number of rotatable bonds is 11. The fourth-order valence-corrected chi connectivity index (χ4v) is 8.79. The molecule has 0 amide bonds. The van der Waals surface area contributed by atoms with E-state index >= 15 is 0 Å². The Hall–Kier alpha value is -3.28. The van der Waals surface area contributed by atoms with E-state index in [1.807, 2.05) is 48.5 Å². The molecule has 372 valence electrons. The molecule has 4 heterocycles. The van der Waals surface area contributed by atoms with Crippen molar-refractivity contribution in [1.29, 1.82) is 0 Å². The van der Waals surface area contributed by atoms with E-state index in [0.717, 1.165) is 142 Å². The molecule has 4 aliphatic heterocycles. The van der Waals surface area contributed by atoms with Gasteiger partial charge in [0.1, 0.15) is 11.5 Å². The maximum Gasteiger partial charge on any atom is 0.416 e. The number of nitrogens with zero attached hydrogens (tertiary/aromatic N) is 3. The lowest BCUT2D eigenvalue weighted by atomic mass is 9.98. The topological polar surface area (TPSA) is 58.7 Å². The van der Waals surface area contributed by atoms with Crippen molar-refractivity contribution in [3.63, 3.8) is 0 Å². The van der Waals surface area contributed by atoms with Crippen molar-refractivity contribution in [3.8, 4) is 11.5 Å². The van der Waals surface area contributed by atoms with E-state index in [9.17, 15) is 26.3 Å². The van der Waals surface area contributed by atoms with Gasteiger partial charge in [0.2, 0.25) is 0 Å². The molecule has 0 radical (unpaired) electrons. The predicted octanol–water partition coefficient (Wildman–Crippen LogP) is 12.5. The van der Waals surface area contributed by atoms with Crippen molar-refractivity contribution >= 4 is 44.8 Å². The fourth-order valence-electron chi connectivity index (χ4n) is 8.27. The molecule has 4 saturated heterocycles. The molecule has 4 aliphatic rings. The fraction of sp³-hybridized carbons (Fsp3) is 0.520. The Balaban J connectivity index is 0.000000249. The van der Waals surface area contributed by atoms with Crippen molar-refractivity contribution in [2.24, 2.45) is 11.8 Å².